The van der Waals surface area contributed by atoms with Gasteiger partial charge >= 0.3 is 0 Å². The zero-order valence-electron chi connectivity index (χ0n) is 16.2. The molecular weight excluding hydrogens is 391 g/mol. The van der Waals surface area contributed by atoms with E-state index in [0.717, 1.165) is 17.7 Å². The maximum atomic E-state index is 13.1. The molecule has 0 aromatic heterocycles. The average molecular weight is 415 g/mol. The number of hydrogen-bond donors (Lipinski definition) is 1. The molecule has 152 valence electrons. The summed E-state index contributed by atoms with van der Waals surface area (Å²) in [5.41, 5.74) is 1.76. The van der Waals surface area contributed by atoms with Crippen molar-refractivity contribution in [3.63, 3.8) is 0 Å². The lowest BCUT2D eigenvalue weighted by atomic mass is 10.1. The fraction of sp³-hybridized carbons (Fsp3) is 0.381. The van der Waals surface area contributed by atoms with Gasteiger partial charge in [0.25, 0.3) is 0 Å². The number of thioether (sulfide) groups is 1. The standard InChI is InChI=1S/C21H23FN4O2S/c1-2-18(20(27)23-16-9-11-28-12-16)26-10-3-4-17-19(26)25-21(24-17)29-13-14-5-7-15(22)8-6-14/h3-8,10,16,18H,2,9,11-13H2,1H3,(H,23,27). The van der Waals surface area contributed by atoms with Gasteiger partial charge < -0.3 is 14.6 Å². The number of carbonyl (C=O) groups is 1. The molecule has 1 amide bonds. The second kappa shape index (κ2) is 8.92. The van der Waals surface area contributed by atoms with Crippen molar-refractivity contribution in [2.24, 2.45) is 0 Å². The molecule has 0 saturated carbocycles. The zero-order chi connectivity index (χ0) is 20.2. The fourth-order valence-electron chi connectivity index (χ4n) is 3.42. The van der Waals surface area contributed by atoms with Crippen LogP contribution >= 0.6 is 11.8 Å². The smallest absolute Gasteiger partial charge is 0.243 e. The van der Waals surface area contributed by atoms with Crippen LogP contribution in [0.25, 0.3) is 11.5 Å². The van der Waals surface area contributed by atoms with E-state index < -0.39 is 0 Å². The SMILES string of the molecule is CCC(C(=O)NC1CCOC1)n1cccc2nc(SCc3ccc(F)cc3)nc1-2. The number of rotatable bonds is 7. The van der Waals surface area contributed by atoms with Crippen molar-refractivity contribution in [1.29, 1.82) is 0 Å². The summed E-state index contributed by atoms with van der Waals surface area (Å²) in [6, 6.07) is 9.92. The molecule has 0 radical (unpaired) electrons. The molecule has 3 aliphatic heterocycles. The van der Waals surface area contributed by atoms with E-state index in [1.54, 1.807) is 12.1 Å². The quantitative estimate of drug-likeness (QED) is 0.598. The summed E-state index contributed by atoms with van der Waals surface area (Å²) in [4.78, 5) is 22.1. The van der Waals surface area contributed by atoms with Gasteiger partial charge in [0.15, 0.2) is 11.0 Å². The normalized spacial score (nSPS) is 17.5. The van der Waals surface area contributed by atoms with Gasteiger partial charge in [-0.15, -0.1) is 0 Å². The minimum Gasteiger partial charge on any atom is -0.379 e. The number of pyridine rings is 1. The molecule has 0 spiro atoms. The molecule has 29 heavy (non-hydrogen) atoms. The number of aromatic nitrogens is 3. The molecule has 2 unspecified atom stereocenters. The van der Waals surface area contributed by atoms with Gasteiger partial charge in [-0.1, -0.05) is 30.8 Å². The molecule has 2 atom stereocenters. The van der Waals surface area contributed by atoms with Gasteiger partial charge in [-0.2, -0.15) is 0 Å². The molecule has 8 heteroatoms. The lowest BCUT2D eigenvalue weighted by molar-refractivity contribution is -0.125. The first-order valence-electron chi connectivity index (χ1n) is 9.74. The maximum absolute atomic E-state index is 13.1. The number of ether oxygens (including phenoxy) is 1. The Balaban J connectivity index is 1.51. The van der Waals surface area contributed by atoms with E-state index in [-0.39, 0.29) is 23.8 Å². The number of amides is 1. The molecule has 1 aromatic carbocycles. The van der Waals surface area contributed by atoms with E-state index in [9.17, 15) is 9.18 Å². The molecule has 1 N–H and O–H groups in total. The first kappa shape index (κ1) is 19.8. The molecule has 1 saturated heterocycles. The Hall–Kier alpha value is -2.45. The largest absolute Gasteiger partial charge is 0.379 e. The second-order valence-corrected chi connectivity index (χ2v) is 7.98. The Bertz CT molecular complexity index is 940. The second-order valence-electron chi connectivity index (χ2n) is 7.04. The van der Waals surface area contributed by atoms with Crippen molar-refractivity contribution in [3.05, 3.63) is 54.0 Å². The van der Waals surface area contributed by atoms with Gasteiger partial charge in [0.1, 0.15) is 17.6 Å². The highest BCUT2D eigenvalue weighted by atomic mass is 32.2. The average Bonchev–Trinajstić information content (AvgIpc) is 3.38. The van der Waals surface area contributed by atoms with Gasteiger partial charge in [-0.3, -0.25) is 4.79 Å². The highest BCUT2D eigenvalue weighted by Crippen LogP contribution is 2.29. The minimum absolute atomic E-state index is 0.0241. The first-order valence-corrected chi connectivity index (χ1v) is 10.7. The number of benzene rings is 1. The molecule has 0 bridgehead atoms. The molecule has 6 nitrogen and oxygen atoms in total. The van der Waals surface area contributed by atoms with Crippen LogP contribution in [0.2, 0.25) is 0 Å². The van der Waals surface area contributed by atoms with Crippen LogP contribution in [0.5, 0.6) is 0 Å². The van der Waals surface area contributed by atoms with Gasteiger partial charge in [-0.25, -0.2) is 14.4 Å². The highest BCUT2D eigenvalue weighted by Gasteiger charge is 2.26. The van der Waals surface area contributed by atoms with E-state index in [2.05, 4.69) is 15.3 Å². The summed E-state index contributed by atoms with van der Waals surface area (Å²) in [7, 11) is 0. The number of imidazole rings is 1. The van der Waals surface area contributed by atoms with E-state index in [1.807, 2.05) is 29.8 Å². The maximum Gasteiger partial charge on any atom is 0.243 e. The Morgan fingerprint density at radius 2 is 2.17 bits per heavy atom. The molecule has 1 fully saturated rings. The molecule has 3 heterocycles. The van der Waals surface area contributed by atoms with Gasteiger partial charge in [0.2, 0.25) is 5.91 Å². The number of carbonyl (C=O) groups excluding carboxylic acids is 1. The van der Waals surface area contributed by atoms with E-state index >= 15 is 0 Å². The molecule has 1 aromatic rings. The summed E-state index contributed by atoms with van der Waals surface area (Å²) in [5, 5.41) is 3.72. The number of nitrogens with one attached hydrogen (secondary N) is 1. The van der Waals surface area contributed by atoms with Gasteiger partial charge in [0, 0.05) is 18.6 Å². The van der Waals surface area contributed by atoms with Crippen molar-refractivity contribution >= 4 is 17.7 Å². The lowest BCUT2D eigenvalue weighted by Gasteiger charge is -2.22. The molecule has 0 aliphatic carbocycles. The lowest BCUT2D eigenvalue weighted by Crippen LogP contribution is -2.40. The van der Waals surface area contributed by atoms with Crippen LogP contribution in [0.3, 0.4) is 0 Å². The fourth-order valence-corrected chi connectivity index (χ4v) is 4.23. The summed E-state index contributed by atoms with van der Waals surface area (Å²) >= 11 is 1.49. The van der Waals surface area contributed by atoms with Crippen LogP contribution in [-0.4, -0.2) is 39.7 Å². The number of fused-ring (bicyclic) bond motifs is 1. The third kappa shape index (κ3) is 4.59. The van der Waals surface area contributed by atoms with Crippen LogP contribution in [0.4, 0.5) is 4.39 Å². The van der Waals surface area contributed by atoms with Crippen LogP contribution in [-0.2, 0) is 15.3 Å². The van der Waals surface area contributed by atoms with Crippen LogP contribution in [0.1, 0.15) is 31.4 Å². The Morgan fingerprint density at radius 3 is 2.90 bits per heavy atom. The third-order valence-electron chi connectivity index (χ3n) is 4.97. The van der Waals surface area contributed by atoms with Gasteiger partial charge in [0.05, 0.1) is 12.6 Å². The van der Waals surface area contributed by atoms with E-state index in [4.69, 9.17) is 4.74 Å². The van der Waals surface area contributed by atoms with E-state index in [1.165, 1.54) is 23.9 Å². The van der Waals surface area contributed by atoms with Crippen LogP contribution in [0.15, 0.2) is 47.8 Å². The van der Waals surface area contributed by atoms with Crippen molar-refractivity contribution in [3.8, 4) is 11.5 Å². The Kier molecular flexibility index (Phi) is 6.10. The topological polar surface area (TPSA) is 69.0 Å². The summed E-state index contributed by atoms with van der Waals surface area (Å²) < 4.78 is 20.3. The Labute approximate surface area is 173 Å². The third-order valence-corrected chi connectivity index (χ3v) is 5.89. The van der Waals surface area contributed by atoms with Gasteiger partial charge in [-0.05, 0) is 42.7 Å². The number of hydrogen-bond acceptors (Lipinski definition) is 5. The molecular formula is C21H23FN4O2S. The summed E-state index contributed by atoms with van der Waals surface area (Å²) in [6.07, 6.45) is 3.37. The first-order chi connectivity index (χ1) is 14.1. The van der Waals surface area contributed by atoms with Crippen molar-refractivity contribution in [1.82, 2.24) is 19.9 Å². The predicted octanol–water partition coefficient (Wildman–Crippen LogP) is 3.67. The number of nitrogens with zero attached hydrogens (tertiary/aromatic N) is 3. The minimum atomic E-state index is -0.356. The van der Waals surface area contributed by atoms with Crippen molar-refractivity contribution < 1.29 is 13.9 Å². The summed E-state index contributed by atoms with van der Waals surface area (Å²) in [6.45, 7) is 3.24. The molecule has 4 rings (SSSR count). The summed E-state index contributed by atoms with van der Waals surface area (Å²) in [5.74, 6) is 1.07. The zero-order valence-corrected chi connectivity index (χ0v) is 17.0. The monoisotopic (exact) mass is 414 g/mol. The predicted molar refractivity (Wildman–Crippen MR) is 109 cm³/mol. The number of halogens is 1. The van der Waals surface area contributed by atoms with Crippen LogP contribution < -0.4 is 5.32 Å². The van der Waals surface area contributed by atoms with Crippen molar-refractivity contribution in [2.45, 2.75) is 42.8 Å². The highest BCUT2D eigenvalue weighted by molar-refractivity contribution is 7.98. The molecule has 3 aliphatic rings. The van der Waals surface area contributed by atoms with Crippen LogP contribution in [0, 0.1) is 5.82 Å². The Morgan fingerprint density at radius 1 is 1.34 bits per heavy atom. The van der Waals surface area contributed by atoms with Crippen molar-refractivity contribution in [2.75, 3.05) is 13.2 Å². The van der Waals surface area contributed by atoms with E-state index in [0.29, 0.717) is 36.4 Å².